The highest BCUT2D eigenvalue weighted by Gasteiger charge is 2.66. The molecule has 4 saturated carbocycles. The normalized spacial score (nSPS) is 53.4. The summed E-state index contributed by atoms with van der Waals surface area (Å²) in [5.41, 5.74) is -1.30. The molecule has 24 heavy (non-hydrogen) atoms. The average molecular weight is 330 g/mol. The number of aliphatic hydroxyl groups is 2. The first-order valence-electron chi connectivity index (χ1n) is 9.72. The highest BCUT2D eigenvalue weighted by atomic mass is 16.3. The van der Waals surface area contributed by atoms with Gasteiger partial charge in [-0.2, -0.15) is 0 Å². The molecule has 3 heteroatoms. The molecule has 0 heterocycles. The standard InChI is InChI=1S/C21H30O3/c1-3-9-20-11-6-14(22)13-21(20,24)12-7-15-16-4-5-18(23)19(16,2)10-8-17(15)20/h15-18,23-24H,4-8,10-13H2,1-2H3/t15-,16-,17-,18-,19-,20+,21+/m0/s1. The molecule has 7 atom stereocenters. The van der Waals surface area contributed by atoms with Gasteiger partial charge in [-0.3, -0.25) is 4.79 Å². The number of fused-ring (bicyclic) bond motifs is 5. The summed E-state index contributed by atoms with van der Waals surface area (Å²) in [6.07, 6.45) is 7.13. The molecule has 0 radical (unpaired) electrons. The van der Waals surface area contributed by atoms with E-state index in [-0.39, 0.29) is 23.7 Å². The molecule has 0 aromatic rings. The molecule has 0 aromatic heterocycles. The van der Waals surface area contributed by atoms with E-state index < -0.39 is 11.0 Å². The van der Waals surface area contributed by atoms with E-state index in [9.17, 15) is 15.0 Å². The van der Waals surface area contributed by atoms with E-state index in [0.717, 1.165) is 38.5 Å². The fraction of sp³-hybridized carbons (Fsp3) is 0.857. The minimum absolute atomic E-state index is 0.0436. The van der Waals surface area contributed by atoms with Crippen molar-refractivity contribution in [2.75, 3.05) is 0 Å². The third-order valence-corrected chi connectivity index (χ3v) is 8.38. The van der Waals surface area contributed by atoms with Gasteiger partial charge >= 0.3 is 0 Å². The summed E-state index contributed by atoms with van der Waals surface area (Å²) in [4.78, 5) is 12.1. The maximum Gasteiger partial charge on any atom is 0.135 e. The molecule has 0 aromatic carbocycles. The van der Waals surface area contributed by atoms with Crippen molar-refractivity contribution in [1.82, 2.24) is 0 Å². The van der Waals surface area contributed by atoms with Crippen LogP contribution in [0.5, 0.6) is 0 Å². The zero-order chi connectivity index (χ0) is 17.2. The predicted molar refractivity (Wildman–Crippen MR) is 92.0 cm³/mol. The first-order valence-corrected chi connectivity index (χ1v) is 9.72. The molecule has 0 amide bonds. The number of carbonyl (C=O) groups excluding carboxylic acids is 1. The number of rotatable bonds is 0. The van der Waals surface area contributed by atoms with Crippen molar-refractivity contribution in [3.05, 3.63) is 0 Å². The number of aliphatic hydroxyl groups excluding tert-OH is 1. The summed E-state index contributed by atoms with van der Waals surface area (Å²) in [5, 5.41) is 22.0. The average Bonchev–Trinajstić information content (AvgIpc) is 2.84. The van der Waals surface area contributed by atoms with Crippen molar-refractivity contribution >= 4 is 5.78 Å². The number of hydrogen-bond acceptors (Lipinski definition) is 3. The molecule has 3 nitrogen and oxygen atoms in total. The topological polar surface area (TPSA) is 57.5 Å². The highest BCUT2D eigenvalue weighted by Crippen LogP contribution is 2.66. The van der Waals surface area contributed by atoms with Crippen LogP contribution in [0, 0.1) is 40.4 Å². The Morgan fingerprint density at radius 3 is 2.62 bits per heavy atom. The molecule has 0 unspecified atom stereocenters. The van der Waals surface area contributed by atoms with Crippen molar-refractivity contribution in [3.8, 4) is 11.8 Å². The van der Waals surface area contributed by atoms with E-state index in [2.05, 4.69) is 18.8 Å². The third-order valence-electron chi connectivity index (χ3n) is 8.38. The Labute approximate surface area is 145 Å². The molecule has 2 N–H and O–H groups in total. The fourth-order valence-corrected chi connectivity index (χ4v) is 7.16. The Balaban J connectivity index is 1.75. The van der Waals surface area contributed by atoms with Gasteiger partial charge in [-0.25, -0.2) is 0 Å². The van der Waals surface area contributed by atoms with Crippen LogP contribution in [0.1, 0.15) is 71.6 Å². The Kier molecular flexibility index (Phi) is 3.68. The van der Waals surface area contributed by atoms with Crippen LogP contribution < -0.4 is 0 Å². The van der Waals surface area contributed by atoms with Crippen LogP contribution >= 0.6 is 0 Å². The van der Waals surface area contributed by atoms with E-state index in [1.165, 1.54) is 0 Å². The lowest BCUT2D eigenvalue weighted by molar-refractivity contribution is -0.189. The van der Waals surface area contributed by atoms with Crippen molar-refractivity contribution < 1.29 is 15.0 Å². The maximum atomic E-state index is 12.1. The van der Waals surface area contributed by atoms with E-state index in [0.29, 0.717) is 30.6 Å². The van der Waals surface area contributed by atoms with Crippen molar-refractivity contribution in [2.45, 2.75) is 83.3 Å². The molecule has 4 aliphatic carbocycles. The van der Waals surface area contributed by atoms with E-state index >= 15 is 0 Å². The zero-order valence-electron chi connectivity index (χ0n) is 15.0. The molecule has 4 rings (SSSR count). The third kappa shape index (κ3) is 1.96. The first kappa shape index (κ1) is 16.6. The predicted octanol–water partition coefficient (Wildman–Crippen LogP) is 3.08. The van der Waals surface area contributed by atoms with Gasteiger partial charge in [-0.1, -0.05) is 12.8 Å². The Hall–Kier alpha value is -0.850. The molecule has 132 valence electrons. The van der Waals surface area contributed by atoms with Gasteiger partial charge in [-0.15, -0.1) is 5.92 Å². The summed E-state index contributed by atoms with van der Waals surface area (Å²) in [7, 11) is 0. The van der Waals surface area contributed by atoms with E-state index in [1.54, 1.807) is 0 Å². The van der Waals surface area contributed by atoms with E-state index in [1.807, 2.05) is 6.92 Å². The molecule has 0 bridgehead atoms. The zero-order valence-corrected chi connectivity index (χ0v) is 15.0. The summed E-state index contributed by atoms with van der Waals surface area (Å²) < 4.78 is 0. The molecule has 4 fully saturated rings. The van der Waals surface area contributed by atoms with Gasteiger partial charge < -0.3 is 10.2 Å². The number of Topliss-reactive ketones (excluding diaryl/α,β-unsaturated/α-hetero) is 1. The second-order valence-corrected chi connectivity index (χ2v) is 9.15. The van der Waals surface area contributed by atoms with Crippen LogP contribution in [0.3, 0.4) is 0 Å². The van der Waals surface area contributed by atoms with Crippen LogP contribution in [0.2, 0.25) is 0 Å². The maximum absolute atomic E-state index is 12.1. The summed E-state index contributed by atoms with van der Waals surface area (Å²) in [5.74, 6) is 8.21. The molecule has 0 spiro atoms. The van der Waals surface area contributed by atoms with Crippen LogP contribution in [0.4, 0.5) is 0 Å². The molecule has 0 aliphatic heterocycles. The quantitative estimate of drug-likeness (QED) is 0.671. The lowest BCUT2D eigenvalue weighted by Gasteiger charge is -2.62. The van der Waals surface area contributed by atoms with Crippen LogP contribution in [0.25, 0.3) is 0 Å². The van der Waals surface area contributed by atoms with Gasteiger partial charge in [0.2, 0.25) is 0 Å². The van der Waals surface area contributed by atoms with Crippen molar-refractivity contribution in [3.63, 3.8) is 0 Å². The Morgan fingerprint density at radius 1 is 1.08 bits per heavy atom. The molecular formula is C21H30O3. The summed E-state index contributed by atoms with van der Waals surface area (Å²) in [6, 6.07) is 0. The number of ketones is 1. The minimum Gasteiger partial charge on any atom is -0.393 e. The van der Waals surface area contributed by atoms with Crippen LogP contribution in [-0.4, -0.2) is 27.7 Å². The largest absolute Gasteiger partial charge is 0.393 e. The van der Waals surface area contributed by atoms with Crippen molar-refractivity contribution in [1.29, 1.82) is 0 Å². The SMILES string of the molecule is CC#C[C@]12CCC(=O)C[C@]1(O)CC[C@H]1[C@@H]3CC[C@H](O)[C@@]3(C)CC[C@@H]12. The Morgan fingerprint density at radius 2 is 1.88 bits per heavy atom. The molecule has 4 aliphatic rings. The minimum atomic E-state index is -0.933. The summed E-state index contributed by atoms with van der Waals surface area (Å²) >= 11 is 0. The van der Waals surface area contributed by atoms with Crippen LogP contribution in [0.15, 0.2) is 0 Å². The second kappa shape index (κ2) is 5.32. The highest BCUT2D eigenvalue weighted by molar-refractivity contribution is 5.81. The second-order valence-electron chi connectivity index (χ2n) is 9.15. The molecular weight excluding hydrogens is 300 g/mol. The lowest BCUT2D eigenvalue weighted by atomic mass is 9.43. The Bertz CT molecular complexity index is 616. The van der Waals surface area contributed by atoms with Gasteiger partial charge in [0.05, 0.1) is 17.1 Å². The van der Waals surface area contributed by atoms with Crippen molar-refractivity contribution in [2.24, 2.45) is 28.6 Å². The number of hydrogen-bond donors (Lipinski definition) is 2. The van der Waals surface area contributed by atoms with Gasteiger partial charge in [0.25, 0.3) is 0 Å². The lowest BCUT2D eigenvalue weighted by Crippen LogP contribution is -2.63. The summed E-state index contributed by atoms with van der Waals surface area (Å²) in [6.45, 7) is 4.14. The number of carbonyl (C=O) groups is 1. The fourth-order valence-electron chi connectivity index (χ4n) is 7.16. The molecule has 0 saturated heterocycles. The smallest absolute Gasteiger partial charge is 0.135 e. The van der Waals surface area contributed by atoms with Crippen LogP contribution in [-0.2, 0) is 4.79 Å². The van der Waals surface area contributed by atoms with E-state index in [4.69, 9.17) is 0 Å². The van der Waals surface area contributed by atoms with Gasteiger partial charge in [0, 0.05) is 12.8 Å². The van der Waals surface area contributed by atoms with Gasteiger partial charge in [0.15, 0.2) is 0 Å². The first-order chi connectivity index (χ1) is 11.4. The van der Waals surface area contributed by atoms with Gasteiger partial charge in [0.1, 0.15) is 5.78 Å². The monoisotopic (exact) mass is 330 g/mol. The van der Waals surface area contributed by atoms with Gasteiger partial charge in [-0.05, 0) is 75.0 Å².